The maximum Gasteiger partial charge on any atom is 0.325 e. The lowest BCUT2D eigenvalue weighted by atomic mass is 10.0. The van der Waals surface area contributed by atoms with Crippen molar-refractivity contribution in [2.75, 3.05) is 7.05 Å². The number of rotatable bonds is 2. The van der Waals surface area contributed by atoms with Gasteiger partial charge < -0.3 is 9.80 Å². The van der Waals surface area contributed by atoms with Crippen LogP contribution in [0.25, 0.3) is 10.8 Å². The quantitative estimate of drug-likeness (QED) is 0.713. The molecule has 152 valence electrons. The van der Waals surface area contributed by atoms with Crippen LogP contribution in [-0.2, 0) is 11.3 Å². The predicted octanol–water partition coefficient (Wildman–Crippen LogP) is 2.25. The van der Waals surface area contributed by atoms with Crippen LogP contribution in [0.5, 0.6) is 0 Å². The van der Waals surface area contributed by atoms with E-state index >= 15 is 0 Å². The van der Waals surface area contributed by atoms with Crippen molar-refractivity contribution in [2.24, 2.45) is 4.99 Å². The second kappa shape index (κ2) is 6.69. The fourth-order valence-corrected chi connectivity index (χ4v) is 4.30. The topological polar surface area (TPSA) is 82.8 Å². The summed E-state index contributed by atoms with van der Waals surface area (Å²) in [4.78, 5) is 33.2. The summed E-state index contributed by atoms with van der Waals surface area (Å²) in [6.07, 6.45) is -0.597. The first-order valence-electron chi connectivity index (χ1n) is 9.86. The SMILES string of the molecule is Cc1cc(C)n(C2=NC3C(C(=O)NC(=O)N3C)N2Cc2cccc3ccccc23)n1. The van der Waals surface area contributed by atoms with Gasteiger partial charge in [-0.25, -0.2) is 14.5 Å². The normalized spacial score (nSPS) is 21.1. The number of fused-ring (bicyclic) bond motifs is 2. The summed E-state index contributed by atoms with van der Waals surface area (Å²) in [5.41, 5.74) is 2.86. The molecule has 3 amide bonds. The summed E-state index contributed by atoms with van der Waals surface area (Å²) in [6.45, 7) is 4.34. The number of carbonyl (C=O) groups excluding carboxylic acids is 2. The number of hydrogen-bond acceptors (Lipinski definition) is 5. The number of nitrogens with one attached hydrogen (secondary N) is 1. The molecule has 8 heteroatoms. The summed E-state index contributed by atoms with van der Waals surface area (Å²) >= 11 is 0. The van der Waals surface area contributed by atoms with Crippen LogP contribution in [0, 0.1) is 13.8 Å². The van der Waals surface area contributed by atoms with Crippen molar-refractivity contribution < 1.29 is 9.59 Å². The predicted molar refractivity (Wildman–Crippen MR) is 113 cm³/mol. The highest BCUT2D eigenvalue weighted by molar-refractivity contribution is 6.04. The van der Waals surface area contributed by atoms with E-state index in [9.17, 15) is 9.59 Å². The molecule has 2 aromatic carbocycles. The van der Waals surface area contributed by atoms with Crippen LogP contribution in [0.2, 0.25) is 0 Å². The fraction of sp³-hybridized carbons (Fsp3) is 0.273. The van der Waals surface area contributed by atoms with Gasteiger partial charge in [-0.1, -0.05) is 42.5 Å². The zero-order valence-electron chi connectivity index (χ0n) is 17.0. The molecule has 3 heterocycles. The van der Waals surface area contributed by atoms with Gasteiger partial charge in [0.25, 0.3) is 5.91 Å². The van der Waals surface area contributed by atoms with Crippen molar-refractivity contribution in [3.05, 3.63) is 65.5 Å². The first-order chi connectivity index (χ1) is 14.4. The fourth-order valence-electron chi connectivity index (χ4n) is 4.30. The Kier molecular flexibility index (Phi) is 4.09. The number of aliphatic imine (C=N–C) groups is 1. The van der Waals surface area contributed by atoms with Gasteiger partial charge in [-0.15, -0.1) is 0 Å². The third-order valence-corrected chi connectivity index (χ3v) is 5.76. The van der Waals surface area contributed by atoms with Crippen LogP contribution in [-0.4, -0.2) is 56.7 Å². The monoisotopic (exact) mass is 402 g/mol. The molecule has 2 unspecified atom stereocenters. The molecule has 30 heavy (non-hydrogen) atoms. The number of amides is 3. The van der Waals surface area contributed by atoms with E-state index in [-0.39, 0.29) is 5.91 Å². The first kappa shape index (κ1) is 18.4. The van der Waals surface area contributed by atoms with Gasteiger partial charge in [-0.2, -0.15) is 5.10 Å². The molecule has 1 N–H and O–H groups in total. The van der Waals surface area contributed by atoms with E-state index < -0.39 is 18.2 Å². The van der Waals surface area contributed by atoms with Gasteiger partial charge in [-0.05, 0) is 36.2 Å². The summed E-state index contributed by atoms with van der Waals surface area (Å²) in [5.74, 6) is 0.226. The third kappa shape index (κ3) is 2.75. The Bertz CT molecular complexity index is 1210. The maximum atomic E-state index is 12.9. The van der Waals surface area contributed by atoms with Crippen molar-refractivity contribution >= 4 is 28.7 Å². The lowest BCUT2D eigenvalue weighted by Crippen LogP contribution is -2.63. The van der Waals surface area contributed by atoms with Gasteiger partial charge in [0.1, 0.15) is 0 Å². The van der Waals surface area contributed by atoms with Crippen LogP contribution in [0.3, 0.4) is 0 Å². The Morgan fingerprint density at radius 3 is 2.60 bits per heavy atom. The number of urea groups is 1. The van der Waals surface area contributed by atoms with E-state index in [1.807, 2.05) is 43.0 Å². The van der Waals surface area contributed by atoms with E-state index in [2.05, 4.69) is 34.7 Å². The molecular weight excluding hydrogens is 380 g/mol. The van der Waals surface area contributed by atoms with E-state index in [4.69, 9.17) is 4.99 Å². The first-order valence-corrected chi connectivity index (χ1v) is 9.86. The summed E-state index contributed by atoms with van der Waals surface area (Å²) in [5, 5.41) is 9.29. The molecule has 2 aliphatic rings. The highest BCUT2D eigenvalue weighted by Gasteiger charge is 2.49. The lowest BCUT2D eigenvalue weighted by molar-refractivity contribution is -0.127. The maximum absolute atomic E-state index is 12.9. The van der Waals surface area contributed by atoms with E-state index in [1.54, 1.807) is 11.7 Å². The Hall–Kier alpha value is -3.68. The molecule has 0 aliphatic carbocycles. The van der Waals surface area contributed by atoms with E-state index in [0.717, 1.165) is 27.7 Å². The average molecular weight is 402 g/mol. The van der Waals surface area contributed by atoms with Crippen molar-refractivity contribution in [3.63, 3.8) is 0 Å². The Morgan fingerprint density at radius 2 is 1.83 bits per heavy atom. The molecule has 2 aliphatic heterocycles. The molecule has 5 rings (SSSR count). The number of hydrogen-bond donors (Lipinski definition) is 1. The Balaban J connectivity index is 1.63. The molecule has 1 saturated heterocycles. The Labute approximate surface area is 173 Å². The number of aromatic nitrogens is 2. The van der Waals surface area contributed by atoms with Crippen molar-refractivity contribution in [1.82, 2.24) is 24.9 Å². The summed E-state index contributed by atoms with van der Waals surface area (Å²) < 4.78 is 1.75. The van der Waals surface area contributed by atoms with Gasteiger partial charge in [0.2, 0.25) is 5.96 Å². The molecule has 3 aromatic rings. The van der Waals surface area contributed by atoms with Crippen LogP contribution < -0.4 is 5.32 Å². The smallest absolute Gasteiger partial charge is 0.321 e. The molecule has 1 fully saturated rings. The summed E-state index contributed by atoms with van der Waals surface area (Å²) in [7, 11) is 1.66. The minimum absolute atomic E-state index is 0.344. The molecular formula is C22H22N6O2. The highest BCUT2D eigenvalue weighted by Crippen LogP contribution is 2.29. The molecule has 0 bridgehead atoms. The van der Waals surface area contributed by atoms with Crippen molar-refractivity contribution in [3.8, 4) is 0 Å². The van der Waals surface area contributed by atoms with Gasteiger partial charge >= 0.3 is 6.03 Å². The zero-order chi connectivity index (χ0) is 21.0. The minimum atomic E-state index is -0.620. The van der Waals surface area contributed by atoms with Gasteiger partial charge in [0, 0.05) is 19.3 Å². The van der Waals surface area contributed by atoms with Crippen LogP contribution >= 0.6 is 0 Å². The van der Waals surface area contributed by atoms with Crippen LogP contribution in [0.1, 0.15) is 17.0 Å². The second-order valence-electron chi connectivity index (χ2n) is 7.80. The Morgan fingerprint density at radius 1 is 1.07 bits per heavy atom. The van der Waals surface area contributed by atoms with Crippen molar-refractivity contribution in [1.29, 1.82) is 0 Å². The number of carbonyl (C=O) groups is 2. The van der Waals surface area contributed by atoms with Gasteiger partial charge in [0.05, 0.1) is 5.69 Å². The van der Waals surface area contributed by atoms with Crippen molar-refractivity contribution in [2.45, 2.75) is 32.6 Å². The minimum Gasteiger partial charge on any atom is -0.321 e. The lowest BCUT2D eigenvalue weighted by Gasteiger charge is -2.36. The molecule has 0 saturated carbocycles. The number of imide groups is 1. The molecule has 8 nitrogen and oxygen atoms in total. The van der Waals surface area contributed by atoms with Gasteiger partial charge in [0.15, 0.2) is 12.2 Å². The standard InChI is InChI=1S/C22H22N6O2/c1-13-11-14(2)28(25-13)21-23-19-18(20(29)24-22(30)26(19)3)27(21)12-16-9-6-8-15-7-4-5-10-17(15)16/h4-11,18-19H,12H2,1-3H3,(H,24,29,30). The third-order valence-electron chi connectivity index (χ3n) is 5.76. The number of nitrogens with zero attached hydrogens (tertiary/aromatic N) is 5. The number of likely N-dealkylation sites (N-methyl/N-ethyl adjacent to an activating group) is 1. The van der Waals surface area contributed by atoms with E-state index in [1.165, 1.54) is 4.90 Å². The molecule has 0 radical (unpaired) electrons. The van der Waals surface area contributed by atoms with Gasteiger partial charge in [-0.3, -0.25) is 10.1 Å². The zero-order valence-corrected chi connectivity index (χ0v) is 17.0. The average Bonchev–Trinajstić information content (AvgIpc) is 3.26. The largest absolute Gasteiger partial charge is 0.325 e. The summed E-state index contributed by atoms with van der Waals surface area (Å²) in [6, 6.07) is 15.2. The second-order valence-corrected chi connectivity index (χ2v) is 7.80. The van der Waals surface area contributed by atoms with Crippen LogP contribution in [0.4, 0.5) is 4.79 Å². The van der Waals surface area contributed by atoms with E-state index in [0.29, 0.717) is 12.5 Å². The number of aryl methyl sites for hydroxylation is 2. The van der Waals surface area contributed by atoms with Crippen LogP contribution in [0.15, 0.2) is 53.5 Å². The molecule has 0 spiro atoms. The number of benzene rings is 2. The highest BCUT2D eigenvalue weighted by atomic mass is 16.2. The molecule has 2 atom stereocenters. The molecule has 1 aromatic heterocycles.